The van der Waals surface area contributed by atoms with E-state index in [0.717, 1.165) is 0 Å². The third-order valence-corrected chi connectivity index (χ3v) is 3.24. The standard InChI is InChI=1S/C10H21N/c1-9(2,3)10(11)7-5-4-6-8-10/h4-8,11H2,1-3H3. The lowest BCUT2D eigenvalue weighted by Crippen LogP contribution is -2.52. The van der Waals surface area contributed by atoms with Gasteiger partial charge in [0, 0.05) is 5.54 Å². The van der Waals surface area contributed by atoms with Gasteiger partial charge in [-0.15, -0.1) is 0 Å². The maximum absolute atomic E-state index is 6.34. The molecule has 0 aromatic carbocycles. The molecule has 0 bridgehead atoms. The smallest absolute Gasteiger partial charge is 0.0203 e. The van der Waals surface area contributed by atoms with E-state index in [4.69, 9.17) is 5.73 Å². The first kappa shape index (κ1) is 9.05. The lowest BCUT2D eigenvalue weighted by atomic mass is 9.66. The molecule has 2 N–H and O–H groups in total. The zero-order chi connectivity index (χ0) is 8.54. The van der Waals surface area contributed by atoms with Crippen LogP contribution in [0.4, 0.5) is 0 Å². The molecule has 11 heavy (non-hydrogen) atoms. The topological polar surface area (TPSA) is 26.0 Å². The summed E-state index contributed by atoms with van der Waals surface area (Å²) in [4.78, 5) is 0. The summed E-state index contributed by atoms with van der Waals surface area (Å²) in [6.45, 7) is 6.79. The molecule has 0 saturated heterocycles. The van der Waals surface area contributed by atoms with Gasteiger partial charge in [-0.3, -0.25) is 0 Å². The number of hydrogen-bond donors (Lipinski definition) is 1. The first-order chi connectivity index (χ1) is 4.96. The average Bonchev–Trinajstić information content (AvgIpc) is 1.87. The van der Waals surface area contributed by atoms with Crippen LogP contribution in [0.25, 0.3) is 0 Å². The van der Waals surface area contributed by atoms with E-state index in [-0.39, 0.29) is 11.0 Å². The van der Waals surface area contributed by atoms with Crippen LogP contribution in [-0.2, 0) is 0 Å². The van der Waals surface area contributed by atoms with E-state index in [2.05, 4.69) is 20.8 Å². The Morgan fingerprint density at radius 1 is 1.00 bits per heavy atom. The van der Waals surface area contributed by atoms with E-state index < -0.39 is 0 Å². The normalized spacial score (nSPS) is 25.1. The van der Waals surface area contributed by atoms with E-state index in [1.54, 1.807) is 0 Å². The van der Waals surface area contributed by atoms with Crippen LogP contribution in [0.3, 0.4) is 0 Å². The number of nitrogens with two attached hydrogens (primary N) is 1. The Balaban J connectivity index is 2.64. The summed E-state index contributed by atoms with van der Waals surface area (Å²) in [6, 6.07) is 0. The summed E-state index contributed by atoms with van der Waals surface area (Å²) in [6.07, 6.45) is 6.48. The van der Waals surface area contributed by atoms with Gasteiger partial charge in [-0.25, -0.2) is 0 Å². The van der Waals surface area contributed by atoms with Crippen LogP contribution in [0.2, 0.25) is 0 Å². The van der Waals surface area contributed by atoms with Gasteiger partial charge >= 0.3 is 0 Å². The van der Waals surface area contributed by atoms with Crippen molar-refractivity contribution >= 4 is 0 Å². The third-order valence-electron chi connectivity index (χ3n) is 3.24. The lowest BCUT2D eigenvalue weighted by molar-refractivity contribution is 0.133. The fraction of sp³-hybridized carbons (Fsp3) is 1.00. The van der Waals surface area contributed by atoms with Crippen LogP contribution in [0, 0.1) is 5.41 Å². The number of rotatable bonds is 0. The second kappa shape index (κ2) is 2.78. The van der Waals surface area contributed by atoms with Crippen molar-refractivity contribution in [1.82, 2.24) is 0 Å². The highest BCUT2D eigenvalue weighted by Crippen LogP contribution is 2.39. The summed E-state index contributed by atoms with van der Waals surface area (Å²) in [5.74, 6) is 0. The maximum Gasteiger partial charge on any atom is 0.0203 e. The molecular weight excluding hydrogens is 134 g/mol. The predicted molar refractivity (Wildman–Crippen MR) is 49.5 cm³/mol. The van der Waals surface area contributed by atoms with Gasteiger partial charge < -0.3 is 5.73 Å². The Bertz CT molecular complexity index is 126. The van der Waals surface area contributed by atoms with Crippen molar-refractivity contribution in [2.45, 2.75) is 58.4 Å². The molecule has 1 nitrogen and oxygen atoms in total. The van der Waals surface area contributed by atoms with Crippen molar-refractivity contribution in [1.29, 1.82) is 0 Å². The van der Waals surface area contributed by atoms with Crippen LogP contribution in [0.15, 0.2) is 0 Å². The van der Waals surface area contributed by atoms with E-state index in [9.17, 15) is 0 Å². The van der Waals surface area contributed by atoms with Gasteiger partial charge in [0.1, 0.15) is 0 Å². The van der Waals surface area contributed by atoms with Gasteiger partial charge in [-0.2, -0.15) is 0 Å². The molecule has 1 aliphatic rings. The molecule has 1 aliphatic carbocycles. The molecule has 0 unspecified atom stereocenters. The minimum atomic E-state index is 0.116. The highest BCUT2D eigenvalue weighted by atomic mass is 14.8. The fourth-order valence-electron chi connectivity index (χ4n) is 1.93. The largest absolute Gasteiger partial charge is 0.325 e. The summed E-state index contributed by atoms with van der Waals surface area (Å²) >= 11 is 0. The SMILES string of the molecule is CC(C)(C)C1(N)CCCCC1. The van der Waals surface area contributed by atoms with E-state index in [1.165, 1.54) is 32.1 Å². The molecule has 1 rings (SSSR count). The second-order valence-electron chi connectivity index (χ2n) is 4.97. The summed E-state index contributed by atoms with van der Waals surface area (Å²) in [7, 11) is 0. The average molecular weight is 155 g/mol. The Morgan fingerprint density at radius 3 is 1.73 bits per heavy atom. The van der Waals surface area contributed by atoms with Crippen molar-refractivity contribution < 1.29 is 0 Å². The van der Waals surface area contributed by atoms with Crippen molar-refractivity contribution in [2.75, 3.05) is 0 Å². The minimum absolute atomic E-state index is 0.116. The molecule has 1 fully saturated rings. The molecule has 0 aromatic heterocycles. The first-order valence-corrected chi connectivity index (χ1v) is 4.75. The van der Waals surface area contributed by atoms with E-state index >= 15 is 0 Å². The molecule has 0 atom stereocenters. The predicted octanol–water partition coefficient (Wildman–Crippen LogP) is 2.69. The monoisotopic (exact) mass is 155 g/mol. The van der Waals surface area contributed by atoms with Gasteiger partial charge in [0.15, 0.2) is 0 Å². The molecule has 0 aliphatic heterocycles. The van der Waals surface area contributed by atoms with E-state index in [1.807, 2.05) is 0 Å². The Labute approximate surface area is 70.4 Å². The minimum Gasteiger partial charge on any atom is -0.325 e. The molecule has 0 radical (unpaired) electrons. The van der Waals surface area contributed by atoms with Crippen LogP contribution in [-0.4, -0.2) is 5.54 Å². The molecule has 0 amide bonds. The first-order valence-electron chi connectivity index (χ1n) is 4.75. The van der Waals surface area contributed by atoms with Crippen molar-refractivity contribution in [3.05, 3.63) is 0 Å². The van der Waals surface area contributed by atoms with Gasteiger partial charge in [0.05, 0.1) is 0 Å². The Kier molecular flexibility index (Phi) is 2.29. The zero-order valence-corrected chi connectivity index (χ0v) is 8.11. The highest BCUT2D eigenvalue weighted by molar-refractivity contribution is 4.96. The maximum atomic E-state index is 6.34. The quantitative estimate of drug-likeness (QED) is 0.572. The van der Waals surface area contributed by atoms with Gasteiger partial charge in [0.2, 0.25) is 0 Å². The lowest BCUT2D eigenvalue weighted by Gasteiger charge is -2.44. The van der Waals surface area contributed by atoms with Crippen LogP contribution < -0.4 is 5.73 Å². The highest BCUT2D eigenvalue weighted by Gasteiger charge is 2.38. The molecule has 66 valence electrons. The Hall–Kier alpha value is -0.0400. The van der Waals surface area contributed by atoms with E-state index in [0.29, 0.717) is 0 Å². The molecular formula is C10H21N. The second-order valence-corrected chi connectivity index (χ2v) is 4.97. The molecule has 1 saturated carbocycles. The summed E-state index contributed by atoms with van der Waals surface area (Å²) < 4.78 is 0. The zero-order valence-electron chi connectivity index (χ0n) is 8.11. The van der Waals surface area contributed by atoms with Gasteiger partial charge in [-0.05, 0) is 18.3 Å². The summed E-state index contributed by atoms with van der Waals surface area (Å²) in [5, 5.41) is 0. The van der Waals surface area contributed by atoms with Crippen LogP contribution >= 0.6 is 0 Å². The van der Waals surface area contributed by atoms with Crippen molar-refractivity contribution in [3.8, 4) is 0 Å². The van der Waals surface area contributed by atoms with Gasteiger partial charge in [0.25, 0.3) is 0 Å². The van der Waals surface area contributed by atoms with Crippen molar-refractivity contribution in [2.24, 2.45) is 11.1 Å². The molecule has 1 heteroatoms. The molecule has 0 heterocycles. The summed E-state index contributed by atoms with van der Waals surface area (Å²) in [5.41, 5.74) is 6.74. The van der Waals surface area contributed by atoms with Crippen molar-refractivity contribution in [3.63, 3.8) is 0 Å². The Morgan fingerprint density at radius 2 is 1.45 bits per heavy atom. The van der Waals surface area contributed by atoms with Crippen LogP contribution in [0.1, 0.15) is 52.9 Å². The third kappa shape index (κ3) is 1.76. The molecule has 0 spiro atoms. The molecule has 0 aromatic rings. The fourth-order valence-corrected chi connectivity index (χ4v) is 1.93. The number of hydrogen-bond acceptors (Lipinski definition) is 1. The van der Waals surface area contributed by atoms with Gasteiger partial charge in [-0.1, -0.05) is 40.0 Å². The van der Waals surface area contributed by atoms with Crippen LogP contribution in [0.5, 0.6) is 0 Å².